The molecule has 2 N–H and O–H groups in total. The van der Waals surface area contributed by atoms with Crippen LogP contribution in [0.1, 0.15) is 0 Å². The quantitative estimate of drug-likeness (QED) is 0.618. The van der Waals surface area contributed by atoms with E-state index in [1.807, 2.05) is 0 Å². The Labute approximate surface area is 142 Å². The molecular weight excluding hydrogens is 334 g/mol. The van der Waals surface area contributed by atoms with Crippen molar-refractivity contribution in [2.45, 2.75) is 0 Å². The average molecular weight is 350 g/mol. The van der Waals surface area contributed by atoms with E-state index in [-0.39, 0.29) is 18.8 Å². The summed E-state index contributed by atoms with van der Waals surface area (Å²) in [4.78, 5) is 23.3. The van der Waals surface area contributed by atoms with Gasteiger partial charge in [0.15, 0.2) is 0 Å². The third-order valence-electron chi connectivity index (χ3n) is 3.10. The first kappa shape index (κ1) is 18.2. The molecule has 2 rings (SSSR count). The lowest BCUT2D eigenvalue weighted by atomic mass is 10.3. The van der Waals surface area contributed by atoms with Crippen LogP contribution in [0.5, 0.6) is 11.5 Å². The van der Waals surface area contributed by atoms with E-state index in [4.69, 9.17) is 9.47 Å². The number of hydrogen-bond acceptors (Lipinski definition) is 4. The number of benzene rings is 2. The summed E-state index contributed by atoms with van der Waals surface area (Å²) in [5.41, 5.74) is -0.281. The number of amides is 2. The Bertz CT molecular complexity index is 751. The summed E-state index contributed by atoms with van der Waals surface area (Å²) in [6.45, 7) is 0.209. The summed E-state index contributed by atoms with van der Waals surface area (Å²) >= 11 is 0. The van der Waals surface area contributed by atoms with Crippen LogP contribution in [0, 0.1) is 11.6 Å². The molecule has 6 nitrogen and oxygen atoms in total. The van der Waals surface area contributed by atoms with Crippen LogP contribution >= 0.6 is 0 Å². The number of methoxy groups -OCH3 is 1. The summed E-state index contributed by atoms with van der Waals surface area (Å²) in [5, 5.41) is 4.39. The molecule has 0 aliphatic heterocycles. The number of halogens is 2. The van der Waals surface area contributed by atoms with Crippen LogP contribution in [0.2, 0.25) is 0 Å². The summed E-state index contributed by atoms with van der Waals surface area (Å²) in [6.07, 6.45) is 0. The molecule has 25 heavy (non-hydrogen) atoms. The third-order valence-corrected chi connectivity index (χ3v) is 3.10. The predicted molar refractivity (Wildman–Crippen MR) is 86.5 cm³/mol. The summed E-state index contributed by atoms with van der Waals surface area (Å²) in [6, 6.07) is 9.45. The van der Waals surface area contributed by atoms with Crippen molar-refractivity contribution in [1.82, 2.24) is 5.32 Å². The smallest absolute Gasteiger partial charge is 0.313 e. The Morgan fingerprint density at radius 2 is 1.68 bits per heavy atom. The van der Waals surface area contributed by atoms with E-state index in [9.17, 15) is 18.4 Å². The van der Waals surface area contributed by atoms with Crippen molar-refractivity contribution < 1.29 is 27.8 Å². The van der Waals surface area contributed by atoms with Crippen molar-refractivity contribution in [3.63, 3.8) is 0 Å². The molecule has 0 heterocycles. The zero-order chi connectivity index (χ0) is 18.2. The van der Waals surface area contributed by atoms with Gasteiger partial charge in [-0.2, -0.15) is 0 Å². The maximum atomic E-state index is 13.4. The Hall–Kier alpha value is -3.16. The van der Waals surface area contributed by atoms with Gasteiger partial charge in [0.25, 0.3) is 0 Å². The van der Waals surface area contributed by atoms with Crippen LogP contribution in [0.15, 0.2) is 42.5 Å². The van der Waals surface area contributed by atoms with E-state index in [0.717, 1.165) is 12.1 Å². The highest BCUT2D eigenvalue weighted by atomic mass is 19.1. The van der Waals surface area contributed by atoms with Crippen LogP contribution in [0.3, 0.4) is 0 Å². The van der Waals surface area contributed by atoms with Gasteiger partial charge in [0.05, 0.1) is 19.3 Å². The summed E-state index contributed by atoms with van der Waals surface area (Å²) in [5.74, 6) is -2.50. The van der Waals surface area contributed by atoms with E-state index in [1.165, 1.54) is 0 Å². The lowest BCUT2D eigenvalue weighted by molar-refractivity contribution is -0.136. The second-order valence-corrected chi connectivity index (χ2v) is 4.86. The minimum Gasteiger partial charge on any atom is -0.497 e. The molecule has 8 heteroatoms. The molecule has 2 aromatic carbocycles. The van der Waals surface area contributed by atoms with E-state index >= 15 is 0 Å². The van der Waals surface area contributed by atoms with E-state index in [2.05, 4.69) is 10.6 Å². The van der Waals surface area contributed by atoms with Gasteiger partial charge in [-0.25, -0.2) is 8.78 Å². The highest BCUT2D eigenvalue weighted by Gasteiger charge is 2.15. The number of nitrogens with one attached hydrogen (secondary N) is 2. The van der Waals surface area contributed by atoms with Crippen LogP contribution in [-0.2, 0) is 9.59 Å². The molecule has 0 saturated carbocycles. The number of carbonyl (C=O) groups excluding carboxylic acids is 2. The zero-order valence-corrected chi connectivity index (χ0v) is 13.3. The molecule has 0 atom stereocenters. The van der Waals surface area contributed by atoms with Gasteiger partial charge in [-0.05, 0) is 36.4 Å². The molecule has 0 aromatic heterocycles. The largest absolute Gasteiger partial charge is 0.497 e. The van der Waals surface area contributed by atoms with Crippen molar-refractivity contribution in [3.05, 3.63) is 54.1 Å². The molecule has 0 spiro atoms. The molecule has 2 amide bonds. The van der Waals surface area contributed by atoms with E-state index in [0.29, 0.717) is 17.6 Å². The van der Waals surface area contributed by atoms with Crippen molar-refractivity contribution in [3.8, 4) is 11.5 Å². The average Bonchev–Trinajstić information content (AvgIpc) is 2.61. The Kier molecular flexibility index (Phi) is 6.27. The molecule has 0 unspecified atom stereocenters. The summed E-state index contributed by atoms with van der Waals surface area (Å²) < 4.78 is 36.6. The lowest BCUT2D eigenvalue weighted by Gasteiger charge is -2.09. The number of hydrogen-bond donors (Lipinski definition) is 2. The van der Waals surface area contributed by atoms with Crippen LogP contribution < -0.4 is 20.1 Å². The summed E-state index contributed by atoms with van der Waals surface area (Å²) in [7, 11) is 1.55. The van der Waals surface area contributed by atoms with Crippen molar-refractivity contribution in [2.24, 2.45) is 0 Å². The molecule has 2 aromatic rings. The van der Waals surface area contributed by atoms with Gasteiger partial charge < -0.3 is 20.1 Å². The molecule has 132 valence electrons. The molecule has 0 radical (unpaired) electrons. The fourth-order valence-corrected chi connectivity index (χ4v) is 1.86. The maximum Gasteiger partial charge on any atom is 0.313 e. The lowest BCUT2D eigenvalue weighted by Crippen LogP contribution is -2.37. The van der Waals surface area contributed by atoms with Crippen molar-refractivity contribution in [1.29, 1.82) is 0 Å². The highest BCUT2D eigenvalue weighted by Crippen LogP contribution is 2.17. The third kappa shape index (κ3) is 5.45. The monoisotopic (exact) mass is 350 g/mol. The van der Waals surface area contributed by atoms with Crippen LogP contribution in [0.4, 0.5) is 14.5 Å². The molecule has 0 bridgehead atoms. The minimum absolute atomic E-state index is 0.0736. The van der Waals surface area contributed by atoms with E-state index < -0.39 is 23.4 Å². The molecule has 0 saturated heterocycles. The molecule has 0 aliphatic carbocycles. The normalized spacial score (nSPS) is 10.0. The Balaban J connectivity index is 1.74. The van der Waals surface area contributed by atoms with Gasteiger partial charge in [0.1, 0.15) is 29.7 Å². The number of anilines is 1. The second kappa shape index (κ2) is 8.62. The topological polar surface area (TPSA) is 76.7 Å². The van der Waals surface area contributed by atoms with Gasteiger partial charge in [-0.3, -0.25) is 9.59 Å². The predicted octanol–water partition coefficient (Wildman–Crippen LogP) is 2.11. The van der Waals surface area contributed by atoms with Gasteiger partial charge in [0.2, 0.25) is 0 Å². The number of carbonyl (C=O) groups is 2. The van der Waals surface area contributed by atoms with Crippen molar-refractivity contribution >= 4 is 17.5 Å². The van der Waals surface area contributed by atoms with Gasteiger partial charge in [-0.15, -0.1) is 0 Å². The Morgan fingerprint density at radius 3 is 2.32 bits per heavy atom. The van der Waals surface area contributed by atoms with Crippen LogP contribution in [0.25, 0.3) is 0 Å². The standard InChI is InChI=1S/C17H16F2N2O4/c1-24-12-3-5-13(6-4-12)25-9-8-20-16(22)17(23)21-15-7-2-11(18)10-14(15)19/h2-7,10H,8-9H2,1H3,(H,20,22)(H,21,23). The first-order chi connectivity index (χ1) is 12.0. The van der Waals surface area contributed by atoms with Gasteiger partial charge in [0, 0.05) is 6.07 Å². The number of ether oxygens (including phenoxy) is 2. The molecule has 0 fully saturated rings. The van der Waals surface area contributed by atoms with Crippen LogP contribution in [-0.4, -0.2) is 32.1 Å². The van der Waals surface area contributed by atoms with Crippen molar-refractivity contribution in [2.75, 3.05) is 25.6 Å². The molecule has 0 aliphatic rings. The fraction of sp³-hybridized carbons (Fsp3) is 0.176. The van der Waals surface area contributed by atoms with Gasteiger partial charge in [-0.1, -0.05) is 0 Å². The maximum absolute atomic E-state index is 13.4. The highest BCUT2D eigenvalue weighted by molar-refractivity contribution is 6.39. The minimum atomic E-state index is -1.06. The first-order valence-corrected chi connectivity index (χ1v) is 7.30. The first-order valence-electron chi connectivity index (χ1n) is 7.30. The number of rotatable bonds is 6. The fourth-order valence-electron chi connectivity index (χ4n) is 1.86. The molecular formula is C17H16F2N2O4. The van der Waals surface area contributed by atoms with E-state index in [1.54, 1.807) is 31.4 Å². The second-order valence-electron chi connectivity index (χ2n) is 4.86. The van der Waals surface area contributed by atoms with Gasteiger partial charge >= 0.3 is 11.8 Å². The zero-order valence-electron chi connectivity index (χ0n) is 13.3. The Morgan fingerprint density at radius 1 is 1.00 bits per heavy atom. The SMILES string of the molecule is COc1ccc(OCCNC(=O)C(=O)Nc2ccc(F)cc2F)cc1.